The third kappa shape index (κ3) is 4.35. The van der Waals surface area contributed by atoms with Gasteiger partial charge < -0.3 is 23.8 Å². The van der Waals surface area contributed by atoms with Crippen LogP contribution in [0.25, 0.3) is 0 Å². The summed E-state index contributed by atoms with van der Waals surface area (Å²) in [5.41, 5.74) is 18.2. The molecule has 0 heterocycles. The number of hydrogen-bond acceptors (Lipinski definition) is 4. The minimum absolute atomic E-state index is 0. The van der Waals surface area contributed by atoms with E-state index in [4.69, 9.17) is 11.5 Å². The van der Waals surface area contributed by atoms with Gasteiger partial charge in [-0.2, -0.15) is 0 Å². The van der Waals surface area contributed by atoms with E-state index in [9.17, 15) is 0 Å². The molecule has 0 saturated heterocycles. The van der Waals surface area contributed by atoms with Gasteiger partial charge in [-0.1, -0.05) is 76.2 Å². The number of nitrogen functional groups attached to an aromatic ring is 2. The van der Waals surface area contributed by atoms with Crippen molar-refractivity contribution in [3.8, 4) is 0 Å². The lowest BCUT2D eigenvalue weighted by Crippen LogP contribution is -2.21. The lowest BCUT2D eigenvalue weighted by atomic mass is 9.74. The summed E-state index contributed by atoms with van der Waals surface area (Å²) in [6.07, 6.45) is 0. The van der Waals surface area contributed by atoms with E-state index < -0.39 is 0 Å². The molecule has 0 spiro atoms. The monoisotopic (exact) mass is 378 g/mol. The van der Waals surface area contributed by atoms with Gasteiger partial charge in [0.05, 0.1) is 0 Å². The fraction of sp³-hybridized carbons (Fsp3) is 0.250. The van der Waals surface area contributed by atoms with Gasteiger partial charge >= 0.3 is 0 Å². The molecule has 28 heavy (non-hydrogen) atoms. The zero-order chi connectivity index (χ0) is 18.9. The molecule has 0 fully saturated rings. The van der Waals surface area contributed by atoms with Crippen molar-refractivity contribution < 1.29 is 0 Å². The summed E-state index contributed by atoms with van der Waals surface area (Å²) >= 11 is 0. The molecule has 0 atom stereocenters. The molecule has 3 aromatic rings. The Morgan fingerprint density at radius 2 is 0.607 bits per heavy atom. The van der Waals surface area contributed by atoms with E-state index in [0.29, 0.717) is 0 Å². The van der Waals surface area contributed by atoms with Crippen LogP contribution in [0.5, 0.6) is 0 Å². The van der Waals surface area contributed by atoms with Gasteiger partial charge in [0.15, 0.2) is 0 Å². The average molecular weight is 379 g/mol. The van der Waals surface area contributed by atoms with Crippen LogP contribution in [0.4, 0.5) is 11.4 Å². The fourth-order valence-corrected chi connectivity index (χ4v) is 3.44. The van der Waals surface area contributed by atoms with Crippen LogP contribution in [-0.2, 0) is 10.8 Å². The van der Waals surface area contributed by atoms with Crippen LogP contribution in [0, 0.1) is 0 Å². The third-order valence-electron chi connectivity index (χ3n) is 5.59. The van der Waals surface area contributed by atoms with Crippen LogP contribution in [0.3, 0.4) is 0 Å². The van der Waals surface area contributed by atoms with E-state index in [1.165, 1.54) is 22.3 Å². The highest BCUT2D eigenvalue weighted by Crippen LogP contribution is 2.36. The number of anilines is 2. The van der Waals surface area contributed by atoms with Crippen molar-refractivity contribution in [2.24, 2.45) is 0 Å². The highest BCUT2D eigenvalue weighted by molar-refractivity contribution is 5.48. The van der Waals surface area contributed by atoms with E-state index in [2.05, 4.69) is 76.2 Å². The highest BCUT2D eigenvalue weighted by atomic mass is 14.5. The molecule has 150 valence electrons. The standard InChI is InChI=1S/C24H28N2.2H3N/c1-23(2,19-9-13-21(25)14-10-19)17-5-7-18(8-6-17)24(3,4)20-11-15-22(26)16-12-20;;/h5-16H,25-26H2,1-4H3;2*1H3. The number of rotatable bonds is 4. The Balaban J connectivity index is 0.00000196. The van der Waals surface area contributed by atoms with Crippen LogP contribution < -0.4 is 23.8 Å². The Labute approximate surface area is 169 Å². The molecule has 0 aliphatic rings. The molecule has 0 aromatic heterocycles. The smallest absolute Gasteiger partial charge is 0.0314 e. The number of nitrogens with two attached hydrogens (primary N) is 2. The first-order chi connectivity index (χ1) is 12.2. The van der Waals surface area contributed by atoms with Crippen molar-refractivity contribution in [1.82, 2.24) is 12.3 Å². The van der Waals surface area contributed by atoms with Crippen molar-refractivity contribution in [3.05, 3.63) is 95.1 Å². The normalized spacial score (nSPS) is 11.3. The summed E-state index contributed by atoms with van der Waals surface area (Å²) in [7, 11) is 0. The quantitative estimate of drug-likeness (QED) is 0.427. The summed E-state index contributed by atoms with van der Waals surface area (Å²) in [4.78, 5) is 0. The van der Waals surface area contributed by atoms with Crippen molar-refractivity contribution in [1.29, 1.82) is 0 Å². The van der Waals surface area contributed by atoms with Gasteiger partial charge in [-0.25, -0.2) is 0 Å². The van der Waals surface area contributed by atoms with Gasteiger partial charge in [0.25, 0.3) is 0 Å². The Kier molecular flexibility index (Phi) is 7.02. The number of benzene rings is 3. The zero-order valence-electron chi connectivity index (χ0n) is 17.5. The number of hydrogen-bond donors (Lipinski definition) is 4. The third-order valence-corrected chi connectivity index (χ3v) is 5.59. The van der Waals surface area contributed by atoms with Crippen LogP contribution in [0.1, 0.15) is 49.9 Å². The molecular formula is C24H34N4. The van der Waals surface area contributed by atoms with Gasteiger partial charge in [-0.05, 0) is 46.5 Å². The minimum atomic E-state index is -0.0719. The molecule has 0 radical (unpaired) electrons. The summed E-state index contributed by atoms with van der Waals surface area (Å²) in [6, 6.07) is 25.3. The van der Waals surface area contributed by atoms with E-state index >= 15 is 0 Å². The molecule has 0 unspecified atom stereocenters. The van der Waals surface area contributed by atoms with E-state index in [0.717, 1.165) is 11.4 Å². The Bertz CT molecular complexity index is 801. The average Bonchev–Trinajstić information content (AvgIpc) is 2.62. The van der Waals surface area contributed by atoms with Crippen LogP contribution in [-0.4, -0.2) is 0 Å². The molecular weight excluding hydrogens is 344 g/mol. The second kappa shape index (κ2) is 8.46. The first-order valence-electron chi connectivity index (χ1n) is 9.04. The first-order valence-corrected chi connectivity index (χ1v) is 9.04. The maximum Gasteiger partial charge on any atom is 0.0314 e. The van der Waals surface area contributed by atoms with Crippen LogP contribution in [0.2, 0.25) is 0 Å². The molecule has 10 N–H and O–H groups in total. The van der Waals surface area contributed by atoms with E-state index in [1.54, 1.807) is 0 Å². The SMILES string of the molecule is CC(C)(c1ccc(N)cc1)c1ccc(C(C)(C)c2ccc(N)cc2)cc1.N.N. The fourth-order valence-electron chi connectivity index (χ4n) is 3.44. The molecule has 3 rings (SSSR count). The Hall–Kier alpha value is -2.82. The van der Waals surface area contributed by atoms with Crippen molar-refractivity contribution in [2.75, 3.05) is 11.5 Å². The highest BCUT2D eigenvalue weighted by Gasteiger charge is 2.26. The zero-order valence-corrected chi connectivity index (χ0v) is 17.5. The molecule has 0 saturated carbocycles. The Morgan fingerprint density at radius 3 is 0.821 bits per heavy atom. The van der Waals surface area contributed by atoms with Crippen molar-refractivity contribution in [2.45, 2.75) is 38.5 Å². The maximum atomic E-state index is 5.83. The second-order valence-corrected chi connectivity index (χ2v) is 8.07. The summed E-state index contributed by atoms with van der Waals surface area (Å²) in [5, 5.41) is 0. The van der Waals surface area contributed by atoms with E-state index in [1.807, 2.05) is 24.3 Å². The van der Waals surface area contributed by atoms with Gasteiger partial charge in [0.2, 0.25) is 0 Å². The topological polar surface area (TPSA) is 122 Å². The van der Waals surface area contributed by atoms with Gasteiger partial charge in [0, 0.05) is 22.2 Å². The first kappa shape index (κ1) is 23.2. The summed E-state index contributed by atoms with van der Waals surface area (Å²) < 4.78 is 0. The lowest BCUT2D eigenvalue weighted by Gasteiger charge is -2.29. The van der Waals surface area contributed by atoms with E-state index in [-0.39, 0.29) is 23.1 Å². The molecule has 0 amide bonds. The van der Waals surface area contributed by atoms with Crippen molar-refractivity contribution in [3.63, 3.8) is 0 Å². The Morgan fingerprint density at radius 1 is 0.429 bits per heavy atom. The summed E-state index contributed by atoms with van der Waals surface area (Å²) in [6.45, 7) is 8.99. The molecule has 0 aliphatic heterocycles. The van der Waals surface area contributed by atoms with Gasteiger partial charge in [-0.3, -0.25) is 0 Å². The predicted molar refractivity (Wildman–Crippen MR) is 122 cm³/mol. The maximum absolute atomic E-state index is 5.83. The van der Waals surface area contributed by atoms with Crippen LogP contribution in [0.15, 0.2) is 72.8 Å². The molecule has 0 aliphatic carbocycles. The van der Waals surface area contributed by atoms with Gasteiger partial charge in [-0.15, -0.1) is 0 Å². The predicted octanol–water partition coefficient (Wildman–Crippen LogP) is 5.83. The van der Waals surface area contributed by atoms with Gasteiger partial charge in [0.1, 0.15) is 0 Å². The second-order valence-electron chi connectivity index (χ2n) is 8.07. The molecule has 4 nitrogen and oxygen atoms in total. The van der Waals surface area contributed by atoms with Crippen molar-refractivity contribution >= 4 is 11.4 Å². The summed E-state index contributed by atoms with van der Waals surface area (Å²) in [5.74, 6) is 0. The lowest BCUT2D eigenvalue weighted by molar-refractivity contribution is 0.626. The minimum Gasteiger partial charge on any atom is -0.399 e. The van der Waals surface area contributed by atoms with Crippen LogP contribution >= 0.6 is 0 Å². The molecule has 3 aromatic carbocycles. The molecule has 0 bridgehead atoms. The largest absolute Gasteiger partial charge is 0.399 e. The molecule has 4 heteroatoms.